The van der Waals surface area contributed by atoms with Gasteiger partial charge < -0.3 is 15.0 Å². The number of fused-ring (bicyclic) bond motifs is 1. The molecular formula is C30H40N2O5S. The Morgan fingerprint density at radius 3 is 2.53 bits per heavy atom. The maximum atomic E-state index is 13.3. The number of piperidine rings is 1. The lowest BCUT2D eigenvalue weighted by molar-refractivity contribution is -0.141. The summed E-state index contributed by atoms with van der Waals surface area (Å²) in [6.07, 6.45) is 5.92. The van der Waals surface area contributed by atoms with Gasteiger partial charge in [-0.1, -0.05) is 37.1 Å². The molecule has 2 aliphatic rings. The summed E-state index contributed by atoms with van der Waals surface area (Å²) < 4.78 is 31.6. The summed E-state index contributed by atoms with van der Waals surface area (Å²) in [7, 11) is -3.54. The third kappa shape index (κ3) is 6.76. The molecule has 0 atom stereocenters. The van der Waals surface area contributed by atoms with Crippen LogP contribution in [0.1, 0.15) is 61.6 Å². The number of hydrogen-bond donors (Lipinski definition) is 1. The maximum Gasteiger partial charge on any atom is 0.226 e. The molecule has 38 heavy (non-hydrogen) atoms. The second kappa shape index (κ2) is 12.3. The minimum Gasteiger partial charge on any atom is -0.491 e. The average Bonchev–Trinajstić information content (AvgIpc) is 2.92. The molecule has 1 spiro atoms. The summed E-state index contributed by atoms with van der Waals surface area (Å²) in [5, 5.41) is 3.08. The molecule has 0 radical (unpaired) electrons. The zero-order valence-corrected chi connectivity index (χ0v) is 23.4. The van der Waals surface area contributed by atoms with Crippen molar-refractivity contribution in [1.29, 1.82) is 0 Å². The average molecular weight is 541 g/mol. The van der Waals surface area contributed by atoms with Crippen LogP contribution in [-0.2, 0) is 25.8 Å². The molecule has 0 aromatic heterocycles. The number of nitrogens with zero attached hydrogens (tertiary/aromatic N) is 1. The van der Waals surface area contributed by atoms with Gasteiger partial charge in [-0.05, 0) is 80.8 Å². The second-order valence-electron chi connectivity index (χ2n) is 10.7. The minimum absolute atomic E-state index is 0.0399. The fourth-order valence-corrected chi connectivity index (χ4v) is 6.81. The highest BCUT2D eigenvalue weighted by atomic mass is 32.2. The van der Waals surface area contributed by atoms with E-state index in [1.807, 2.05) is 32.0 Å². The summed E-state index contributed by atoms with van der Waals surface area (Å²) in [4.78, 5) is 28.3. The van der Waals surface area contributed by atoms with Gasteiger partial charge in [-0.2, -0.15) is 0 Å². The highest BCUT2D eigenvalue weighted by Gasteiger charge is 2.41. The maximum absolute atomic E-state index is 13.3. The summed E-state index contributed by atoms with van der Waals surface area (Å²) in [5.74, 6) is 0.558. The molecule has 2 heterocycles. The van der Waals surface area contributed by atoms with Crippen LogP contribution in [0.3, 0.4) is 0 Å². The number of aryl methyl sites for hydroxylation is 3. The van der Waals surface area contributed by atoms with Crippen molar-refractivity contribution >= 4 is 21.7 Å². The molecule has 8 heteroatoms. The molecule has 0 aliphatic carbocycles. The number of carbonyl (C=O) groups is 2. The van der Waals surface area contributed by atoms with Crippen LogP contribution in [0.2, 0.25) is 0 Å². The van der Waals surface area contributed by atoms with Crippen LogP contribution in [0.15, 0.2) is 47.4 Å². The number of rotatable bonds is 4. The van der Waals surface area contributed by atoms with Crippen LogP contribution in [0.25, 0.3) is 0 Å². The summed E-state index contributed by atoms with van der Waals surface area (Å²) in [6.45, 7) is 5.62. The van der Waals surface area contributed by atoms with Crippen molar-refractivity contribution in [2.24, 2.45) is 5.41 Å². The highest BCUT2D eigenvalue weighted by molar-refractivity contribution is 7.91. The van der Waals surface area contributed by atoms with Crippen molar-refractivity contribution < 1.29 is 22.7 Å². The van der Waals surface area contributed by atoms with Gasteiger partial charge in [-0.15, -0.1) is 0 Å². The van der Waals surface area contributed by atoms with Gasteiger partial charge in [0, 0.05) is 19.5 Å². The quantitative estimate of drug-likeness (QED) is 0.621. The van der Waals surface area contributed by atoms with Gasteiger partial charge in [0.05, 0.1) is 22.6 Å². The van der Waals surface area contributed by atoms with E-state index in [1.165, 1.54) is 5.56 Å². The van der Waals surface area contributed by atoms with Gasteiger partial charge in [0.15, 0.2) is 9.84 Å². The molecule has 1 N–H and O–H groups in total. The van der Waals surface area contributed by atoms with Crippen LogP contribution in [0, 0.1) is 19.3 Å². The van der Waals surface area contributed by atoms with E-state index in [1.54, 1.807) is 23.1 Å². The lowest BCUT2D eigenvalue weighted by Crippen LogP contribution is -2.51. The van der Waals surface area contributed by atoms with Gasteiger partial charge in [0.2, 0.25) is 11.8 Å². The lowest BCUT2D eigenvalue weighted by atomic mass is 9.73. The van der Waals surface area contributed by atoms with Gasteiger partial charge in [-0.3, -0.25) is 9.59 Å². The third-order valence-corrected chi connectivity index (χ3v) is 9.91. The first-order chi connectivity index (χ1) is 18.2. The summed E-state index contributed by atoms with van der Waals surface area (Å²) >= 11 is 0. The van der Waals surface area contributed by atoms with Crippen LogP contribution < -0.4 is 10.1 Å². The number of carbonyl (C=O) groups excluding carboxylic acids is 2. The summed E-state index contributed by atoms with van der Waals surface area (Å²) in [5.41, 5.74) is 2.66. The van der Waals surface area contributed by atoms with Crippen molar-refractivity contribution in [2.75, 3.05) is 32.0 Å². The Hall–Kier alpha value is -2.87. The smallest absolute Gasteiger partial charge is 0.226 e. The van der Waals surface area contributed by atoms with E-state index >= 15 is 0 Å². The molecule has 2 amide bonds. The van der Waals surface area contributed by atoms with E-state index in [0.717, 1.165) is 49.0 Å². The van der Waals surface area contributed by atoms with E-state index < -0.39 is 15.3 Å². The van der Waals surface area contributed by atoms with E-state index in [9.17, 15) is 18.0 Å². The molecule has 7 nitrogen and oxygen atoms in total. The highest BCUT2D eigenvalue weighted by Crippen LogP contribution is 2.38. The largest absolute Gasteiger partial charge is 0.491 e. The topological polar surface area (TPSA) is 92.8 Å². The standard InChI is InChI=1S/C30H40N2O5S/c1-23-11-12-26(22-24(23)2)38(35,36)21-13-28(33)32-18-15-30(16-19-32)14-7-3-4-8-25-9-5-6-10-27(25)37-20-17-31-29(30)34/h5-6,9-12,22H,3-4,7-8,13-21H2,1-2H3,(H,31,34). The van der Waals surface area contributed by atoms with Gasteiger partial charge in [-0.25, -0.2) is 8.42 Å². The summed E-state index contributed by atoms with van der Waals surface area (Å²) in [6, 6.07) is 13.2. The molecule has 2 aromatic rings. The number of ether oxygens (including phenoxy) is 1. The number of likely N-dealkylation sites (tertiary alicyclic amines) is 1. The fourth-order valence-electron chi connectivity index (χ4n) is 5.50. The Labute approximate surface area is 226 Å². The monoisotopic (exact) mass is 540 g/mol. The first kappa shape index (κ1) is 28.1. The van der Waals surface area contributed by atoms with Crippen molar-refractivity contribution in [2.45, 2.75) is 70.1 Å². The van der Waals surface area contributed by atoms with Crippen molar-refractivity contribution in [3.05, 3.63) is 59.2 Å². The first-order valence-corrected chi connectivity index (χ1v) is 15.4. The molecule has 1 saturated heterocycles. The lowest BCUT2D eigenvalue weighted by Gasteiger charge is -2.41. The number of amides is 2. The van der Waals surface area contributed by atoms with Crippen molar-refractivity contribution in [3.8, 4) is 5.75 Å². The fraction of sp³-hybridized carbons (Fsp3) is 0.533. The van der Waals surface area contributed by atoms with E-state index in [2.05, 4.69) is 11.4 Å². The Balaban J connectivity index is 1.33. The molecule has 2 aliphatic heterocycles. The molecule has 0 saturated carbocycles. The van der Waals surface area contributed by atoms with Crippen molar-refractivity contribution in [1.82, 2.24) is 10.2 Å². The Kier molecular flexibility index (Phi) is 9.13. The molecule has 2 aromatic carbocycles. The molecule has 4 rings (SSSR count). The zero-order valence-electron chi connectivity index (χ0n) is 22.6. The van der Waals surface area contributed by atoms with Crippen LogP contribution in [-0.4, -0.2) is 57.1 Å². The SMILES string of the molecule is Cc1ccc(S(=O)(=O)CCC(=O)N2CCC3(CCCCCc4ccccc4OCCNC3=O)CC2)cc1C. The van der Waals surface area contributed by atoms with E-state index in [4.69, 9.17) is 4.74 Å². The third-order valence-electron chi connectivity index (χ3n) is 8.20. The van der Waals surface area contributed by atoms with Crippen LogP contribution >= 0.6 is 0 Å². The minimum atomic E-state index is -3.54. The number of hydrogen-bond acceptors (Lipinski definition) is 5. The predicted octanol–water partition coefficient (Wildman–Crippen LogP) is 4.39. The predicted molar refractivity (Wildman–Crippen MR) is 148 cm³/mol. The Morgan fingerprint density at radius 2 is 1.76 bits per heavy atom. The normalized spacial score (nSPS) is 18.8. The Bertz CT molecular complexity index is 1250. The van der Waals surface area contributed by atoms with Crippen LogP contribution in [0.5, 0.6) is 5.75 Å². The van der Waals surface area contributed by atoms with Gasteiger partial charge in [0.25, 0.3) is 0 Å². The molecule has 1 fully saturated rings. The van der Waals surface area contributed by atoms with Gasteiger partial charge in [0.1, 0.15) is 12.4 Å². The van der Waals surface area contributed by atoms with E-state index in [-0.39, 0.29) is 28.9 Å². The number of nitrogens with one attached hydrogen (secondary N) is 1. The van der Waals surface area contributed by atoms with Gasteiger partial charge >= 0.3 is 0 Å². The molecule has 206 valence electrons. The number of para-hydroxylation sites is 1. The second-order valence-corrected chi connectivity index (χ2v) is 12.9. The molecule has 0 bridgehead atoms. The van der Waals surface area contributed by atoms with E-state index in [0.29, 0.717) is 39.1 Å². The molecule has 0 unspecified atom stereocenters. The Morgan fingerprint density at radius 1 is 1.00 bits per heavy atom. The number of benzene rings is 2. The first-order valence-electron chi connectivity index (χ1n) is 13.8. The van der Waals surface area contributed by atoms with Crippen LogP contribution in [0.4, 0.5) is 0 Å². The zero-order chi connectivity index (χ0) is 27.2. The van der Waals surface area contributed by atoms with Crippen molar-refractivity contribution in [3.63, 3.8) is 0 Å². The number of sulfone groups is 1. The molecular weight excluding hydrogens is 500 g/mol.